The molecule has 36 heavy (non-hydrogen) atoms. The highest BCUT2D eigenvalue weighted by molar-refractivity contribution is 5.94. The number of amides is 1. The van der Waals surface area contributed by atoms with Crippen molar-refractivity contribution in [3.8, 4) is 0 Å². The molecule has 1 amide bonds. The van der Waals surface area contributed by atoms with Gasteiger partial charge in [0.1, 0.15) is 5.76 Å². The fourth-order valence-electron chi connectivity index (χ4n) is 9.04. The second-order valence-corrected chi connectivity index (χ2v) is 12.5. The third kappa shape index (κ3) is 3.94. The van der Waals surface area contributed by atoms with E-state index in [1.807, 2.05) is 30.9 Å². The summed E-state index contributed by atoms with van der Waals surface area (Å²) in [6.45, 7) is 5.25. The van der Waals surface area contributed by atoms with Crippen LogP contribution in [0.25, 0.3) is 0 Å². The summed E-state index contributed by atoms with van der Waals surface area (Å²) in [5.41, 5.74) is 3.06. The Kier molecular flexibility index (Phi) is 5.77. The van der Waals surface area contributed by atoms with Crippen molar-refractivity contribution in [2.75, 3.05) is 33.2 Å². The van der Waals surface area contributed by atoms with Gasteiger partial charge in [-0.15, -0.1) is 0 Å². The van der Waals surface area contributed by atoms with Gasteiger partial charge in [-0.2, -0.15) is 5.10 Å². The van der Waals surface area contributed by atoms with Gasteiger partial charge in [-0.25, -0.2) is 0 Å². The summed E-state index contributed by atoms with van der Waals surface area (Å²) in [4.78, 5) is 20.7. The van der Waals surface area contributed by atoms with Crippen LogP contribution in [0.3, 0.4) is 0 Å². The average Bonchev–Trinajstić information content (AvgIpc) is 3.51. The molecule has 7 nitrogen and oxygen atoms in total. The second-order valence-electron chi connectivity index (χ2n) is 12.5. The first-order chi connectivity index (χ1) is 17.5. The van der Waals surface area contributed by atoms with Crippen LogP contribution in [0.1, 0.15) is 66.0 Å². The number of furan rings is 1. The Morgan fingerprint density at radius 1 is 1.06 bits per heavy atom. The molecule has 2 aromatic heterocycles. The lowest BCUT2D eigenvalue weighted by Gasteiger charge is -2.58. The van der Waals surface area contributed by atoms with E-state index >= 15 is 0 Å². The van der Waals surface area contributed by atoms with Gasteiger partial charge in [0.05, 0.1) is 12.8 Å². The molecule has 8 rings (SSSR count). The topological polar surface area (TPSA) is 57.8 Å². The van der Waals surface area contributed by atoms with Crippen molar-refractivity contribution in [3.05, 3.63) is 41.1 Å². The maximum atomic E-state index is 13.4. The van der Waals surface area contributed by atoms with Gasteiger partial charge in [0, 0.05) is 63.6 Å². The molecule has 1 saturated heterocycles. The predicted octanol–water partition coefficient (Wildman–Crippen LogP) is 3.58. The van der Waals surface area contributed by atoms with Crippen LogP contribution in [0, 0.1) is 23.7 Å². The normalized spacial score (nSPS) is 34.2. The molecule has 7 heteroatoms. The number of aromatic nitrogens is 2. The van der Waals surface area contributed by atoms with Crippen LogP contribution in [0.5, 0.6) is 0 Å². The molecule has 2 aromatic rings. The van der Waals surface area contributed by atoms with Crippen molar-refractivity contribution in [1.82, 2.24) is 24.5 Å². The minimum atomic E-state index is -0.00407. The van der Waals surface area contributed by atoms with Crippen LogP contribution >= 0.6 is 0 Å². The molecule has 0 N–H and O–H groups in total. The number of aryl methyl sites for hydroxylation is 1. The average molecular weight is 492 g/mol. The number of carbonyl (C=O) groups is 1. The molecular weight excluding hydrogens is 450 g/mol. The zero-order chi connectivity index (χ0) is 24.4. The molecule has 1 aliphatic heterocycles. The highest BCUT2D eigenvalue weighted by Gasteiger charge is 2.50. The lowest BCUT2D eigenvalue weighted by Crippen LogP contribution is -2.61. The highest BCUT2D eigenvalue weighted by atomic mass is 16.3. The molecule has 1 atom stereocenters. The number of rotatable bonds is 5. The van der Waals surface area contributed by atoms with Crippen molar-refractivity contribution in [2.45, 2.75) is 70.0 Å². The lowest BCUT2D eigenvalue weighted by atomic mass is 9.54. The summed E-state index contributed by atoms with van der Waals surface area (Å²) >= 11 is 0. The van der Waals surface area contributed by atoms with Crippen molar-refractivity contribution >= 4 is 5.91 Å². The van der Waals surface area contributed by atoms with Gasteiger partial charge in [-0.1, -0.05) is 0 Å². The number of fused-ring (bicyclic) bond motifs is 1. The van der Waals surface area contributed by atoms with E-state index in [4.69, 9.17) is 9.52 Å². The van der Waals surface area contributed by atoms with E-state index in [1.165, 1.54) is 76.0 Å². The van der Waals surface area contributed by atoms with Crippen molar-refractivity contribution in [1.29, 1.82) is 0 Å². The van der Waals surface area contributed by atoms with Gasteiger partial charge >= 0.3 is 0 Å². The summed E-state index contributed by atoms with van der Waals surface area (Å²) in [6.07, 6.45) is 12.3. The third-order valence-electron chi connectivity index (χ3n) is 10.4. The number of hydrogen-bond donors (Lipinski definition) is 0. The largest absolute Gasteiger partial charge is 0.467 e. The van der Waals surface area contributed by atoms with Crippen molar-refractivity contribution < 1.29 is 9.21 Å². The van der Waals surface area contributed by atoms with Crippen molar-refractivity contribution in [3.63, 3.8) is 0 Å². The number of hydrogen-bond acceptors (Lipinski definition) is 5. The highest BCUT2D eigenvalue weighted by Crippen LogP contribution is 2.55. The van der Waals surface area contributed by atoms with E-state index in [2.05, 4.69) is 9.80 Å². The third-order valence-corrected chi connectivity index (χ3v) is 10.4. The fourth-order valence-corrected chi connectivity index (χ4v) is 9.04. The maximum Gasteiger partial charge on any atom is 0.274 e. The maximum absolute atomic E-state index is 13.4. The Morgan fingerprint density at radius 3 is 2.42 bits per heavy atom. The van der Waals surface area contributed by atoms with E-state index in [1.54, 1.807) is 11.2 Å². The Labute approximate surface area is 214 Å². The zero-order valence-electron chi connectivity index (χ0n) is 21.9. The van der Waals surface area contributed by atoms with Gasteiger partial charge in [0.15, 0.2) is 5.69 Å². The molecule has 3 heterocycles. The number of nitrogens with zero attached hydrogens (tertiary/aromatic N) is 5. The summed E-state index contributed by atoms with van der Waals surface area (Å²) in [7, 11) is 3.84. The van der Waals surface area contributed by atoms with Gasteiger partial charge in [0.2, 0.25) is 0 Å². The predicted molar refractivity (Wildman–Crippen MR) is 138 cm³/mol. The molecule has 0 spiro atoms. The zero-order valence-corrected chi connectivity index (χ0v) is 21.9. The van der Waals surface area contributed by atoms with Crippen LogP contribution in [-0.2, 0) is 26.4 Å². The van der Waals surface area contributed by atoms with E-state index < -0.39 is 0 Å². The molecule has 5 aliphatic carbocycles. The van der Waals surface area contributed by atoms with Gasteiger partial charge in [-0.3, -0.25) is 19.3 Å². The van der Waals surface area contributed by atoms with E-state index in [-0.39, 0.29) is 5.91 Å². The Balaban J connectivity index is 1.01. The first kappa shape index (κ1) is 23.0. The lowest BCUT2D eigenvalue weighted by molar-refractivity contribution is -0.0794. The molecule has 0 radical (unpaired) electrons. The molecule has 5 fully saturated rings. The Morgan fingerprint density at radius 2 is 1.75 bits per heavy atom. The van der Waals surface area contributed by atoms with Crippen LogP contribution in [-0.4, -0.2) is 75.7 Å². The molecule has 0 unspecified atom stereocenters. The van der Waals surface area contributed by atoms with Gasteiger partial charge in [-0.05, 0) is 87.2 Å². The minimum absolute atomic E-state index is 0.00407. The van der Waals surface area contributed by atoms with Crippen LogP contribution < -0.4 is 0 Å². The first-order valence-electron chi connectivity index (χ1n) is 14.3. The van der Waals surface area contributed by atoms with Crippen LogP contribution in [0.15, 0.2) is 22.8 Å². The standard InChI is InChI=1S/C29H41N5O2/c1-31(18-24-4-3-11-36-24)29(35)27-25-17-23(5-6-26(25)32(2)30-27)33-7-9-34(10-8-33)28-21-13-19-12-20(15-21)16-22(28)14-19/h3-4,11,19-23,28H,5-10,12-18H2,1-2H3/t19?,20?,21?,22?,23-,28?/m0/s1. The summed E-state index contributed by atoms with van der Waals surface area (Å²) in [6, 6.07) is 5.16. The first-order valence-corrected chi connectivity index (χ1v) is 14.3. The van der Waals surface area contributed by atoms with Crippen molar-refractivity contribution in [2.24, 2.45) is 30.7 Å². The molecule has 0 aromatic carbocycles. The summed E-state index contributed by atoms with van der Waals surface area (Å²) < 4.78 is 7.41. The van der Waals surface area contributed by atoms with E-state index in [0.717, 1.165) is 48.3 Å². The molecule has 6 aliphatic rings. The van der Waals surface area contributed by atoms with E-state index in [9.17, 15) is 4.79 Å². The quantitative estimate of drug-likeness (QED) is 0.640. The molecule has 4 bridgehead atoms. The Bertz CT molecular complexity index is 1070. The fraction of sp³-hybridized carbons (Fsp3) is 0.724. The Hall–Kier alpha value is -2.12. The molecule has 4 saturated carbocycles. The molecular formula is C29H41N5O2. The van der Waals surface area contributed by atoms with Gasteiger partial charge < -0.3 is 9.32 Å². The van der Waals surface area contributed by atoms with E-state index in [0.29, 0.717) is 18.3 Å². The smallest absolute Gasteiger partial charge is 0.274 e. The summed E-state index contributed by atoms with van der Waals surface area (Å²) in [5.74, 6) is 4.85. The SMILES string of the molecule is CN(Cc1ccco1)C(=O)c1nn(C)c2c1C[C@@H](N1CCN(C3C4CC5CC(C4)CC3C5)CC1)CC2. The number of carbonyl (C=O) groups excluding carboxylic acids is 1. The minimum Gasteiger partial charge on any atom is -0.467 e. The van der Waals surface area contributed by atoms with Crippen LogP contribution in [0.2, 0.25) is 0 Å². The van der Waals surface area contributed by atoms with Crippen LogP contribution in [0.4, 0.5) is 0 Å². The molecule has 194 valence electrons. The number of piperazine rings is 1. The summed E-state index contributed by atoms with van der Waals surface area (Å²) in [5, 5.41) is 4.71. The second kappa shape index (κ2) is 9.02. The van der Waals surface area contributed by atoms with Gasteiger partial charge in [0.25, 0.3) is 5.91 Å². The monoisotopic (exact) mass is 491 g/mol.